The number of hydrogen-bond acceptors (Lipinski definition) is 6. The molecular formula is C19H19ClN4O4S. The van der Waals surface area contributed by atoms with Crippen molar-refractivity contribution in [2.45, 2.75) is 18.7 Å². The first-order valence-electron chi connectivity index (χ1n) is 9.06. The summed E-state index contributed by atoms with van der Waals surface area (Å²) in [5.41, 5.74) is 1.58. The van der Waals surface area contributed by atoms with Crippen LogP contribution in [0.5, 0.6) is 0 Å². The zero-order valence-corrected chi connectivity index (χ0v) is 17.5. The van der Waals surface area contributed by atoms with Crippen LogP contribution in [0.25, 0.3) is 10.9 Å². The zero-order chi connectivity index (χ0) is 20.8. The standard InChI is InChI=1S/C19H19ClN4O4S/c1-12-18(13(2)28-22-12)29(26,27)24-9-7-23(8-10-24)19(25)15-3-5-16-14(11-15)4-6-17(20)21-16/h3-6,11H,7-10H2,1-2H3. The molecule has 2 aromatic heterocycles. The maximum Gasteiger partial charge on any atom is 0.253 e. The Bertz CT molecular complexity index is 1180. The molecule has 1 aromatic carbocycles. The molecule has 0 atom stereocenters. The topological polar surface area (TPSA) is 96.6 Å². The van der Waals surface area contributed by atoms with Gasteiger partial charge < -0.3 is 9.42 Å². The van der Waals surface area contributed by atoms with Crippen molar-refractivity contribution in [3.05, 3.63) is 52.5 Å². The third-order valence-electron chi connectivity index (χ3n) is 4.99. The molecule has 0 radical (unpaired) electrons. The minimum atomic E-state index is -3.71. The van der Waals surface area contributed by atoms with E-state index in [4.69, 9.17) is 16.1 Å². The molecule has 1 amide bonds. The average Bonchev–Trinajstić information content (AvgIpc) is 3.06. The molecule has 1 aliphatic rings. The first kappa shape index (κ1) is 19.8. The monoisotopic (exact) mass is 434 g/mol. The van der Waals surface area contributed by atoms with Gasteiger partial charge in [-0.1, -0.05) is 16.8 Å². The van der Waals surface area contributed by atoms with Crippen molar-refractivity contribution < 1.29 is 17.7 Å². The maximum atomic E-state index is 12.9. The van der Waals surface area contributed by atoms with E-state index in [-0.39, 0.29) is 29.7 Å². The highest BCUT2D eigenvalue weighted by Crippen LogP contribution is 2.25. The van der Waals surface area contributed by atoms with Gasteiger partial charge in [-0.2, -0.15) is 4.31 Å². The quantitative estimate of drug-likeness (QED) is 0.588. The lowest BCUT2D eigenvalue weighted by atomic mass is 10.1. The van der Waals surface area contributed by atoms with E-state index in [2.05, 4.69) is 10.1 Å². The van der Waals surface area contributed by atoms with E-state index >= 15 is 0 Å². The van der Waals surface area contributed by atoms with E-state index in [0.717, 1.165) is 5.39 Å². The van der Waals surface area contributed by atoms with Crippen LogP contribution in [0.1, 0.15) is 21.8 Å². The number of aromatic nitrogens is 2. The Morgan fingerprint density at radius 1 is 1.10 bits per heavy atom. The molecule has 0 spiro atoms. The molecule has 4 rings (SSSR count). The number of sulfonamides is 1. The van der Waals surface area contributed by atoms with Crippen LogP contribution in [-0.2, 0) is 10.0 Å². The van der Waals surface area contributed by atoms with Crippen LogP contribution in [-0.4, -0.2) is 59.8 Å². The van der Waals surface area contributed by atoms with Gasteiger partial charge in [0.25, 0.3) is 5.91 Å². The molecule has 10 heteroatoms. The summed E-state index contributed by atoms with van der Waals surface area (Å²) in [5, 5.41) is 4.95. The zero-order valence-electron chi connectivity index (χ0n) is 15.9. The molecule has 0 saturated carbocycles. The second kappa shape index (κ2) is 7.40. The number of benzene rings is 1. The Balaban J connectivity index is 1.49. The number of aryl methyl sites for hydroxylation is 2. The van der Waals surface area contributed by atoms with Crippen molar-refractivity contribution in [1.29, 1.82) is 0 Å². The Morgan fingerprint density at radius 2 is 1.83 bits per heavy atom. The molecule has 0 N–H and O–H groups in total. The van der Waals surface area contributed by atoms with Gasteiger partial charge in [0.05, 0.1) is 5.52 Å². The maximum absolute atomic E-state index is 12.9. The predicted molar refractivity (Wildman–Crippen MR) is 107 cm³/mol. The molecule has 8 nitrogen and oxygen atoms in total. The van der Waals surface area contributed by atoms with E-state index < -0.39 is 10.0 Å². The summed E-state index contributed by atoms with van der Waals surface area (Å²) in [7, 11) is -3.71. The van der Waals surface area contributed by atoms with Gasteiger partial charge in [0.1, 0.15) is 15.7 Å². The number of fused-ring (bicyclic) bond motifs is 1. The van der Waals surface area contributed by atoms with Crippen LogP contribution in [0, 0.1) is 13.8 Å². The Morgan fingerprint density at radius 3 is 2.48 bits per heavy atom. The van der Waals surface area contributed by atoms with E-state index in [1.807, 2.05) is 6.07 Å². The Kier molecular flexibility index (Phi) is 5.05. The van der Waals surface area contributed by atoms with Gasteiger partial charge in [0, 0.05) is 37.1 Å². The van der Waals surface area contributed by atoms with Gasteiger partial charge in [-0.3, -0.25) is 4.79 Å². The summed E-state index contributed by atoms with van der Waals surface area (Å²) in [5.74, 6) is 0.127. The van der Waals surface area contributed by atoms with Gasteiger partial charge in [0.2, 0.25) is 10.0 Å². The third kappa shape index (κ3) is 3.61. The minimum absolute atomic E-state index is 0.109. The van der Waals surface area contributed by atoms with Crippen LogP contribution < -0.4 is 0 Å². The lowest BCUT2D eigenvalue weighted by molar-refractivity contribution is 0.0698. The Labute approximate surface area is 173 Å². The van der Waals surface area contributed by atoms with Crippen molar-refractivity contribution in [3.63, 3.8) is 0 Å². The fraction of sp³-hybridized carbons (Fsp3) is 0.316. The predicted octanol–water partition coefficient (Wildman–Crippen LogP) is 2.64. The minimum Gasteiger partial charge on any atom is -0.360 e. The van der Waals surface area contributed by atoms with Gasteiger partial charge in [0.15, 0.2) is 5.76 Å². The SMILES string of the molecule is Cc1noc(C)c1S(=O)(=O)N1CCN(C(=O)c2ccc3nc(Cl)ccc3c2)CC1. The van der Waals surface area contributed by atoms with Crippen molar-refractivity contribution in [2.24, 2.45) is 0 Å². The number of pyridine rings is 1. The number of halogens is 1. The lowest BCUT2D eigenvalue weighted by Gasteiger charge is -2.34. The highest BCUT2D eigenvalue weighted by molar-refractivity contribution is 7.89. The highest BCUT2D eigenvalue weighted by atomic mass is 35.5. The molecule has 29 heavy (non-hydrogen) atoms. The first-order valence-corrected chi connectivity index (χ1v) is 10.9. The van der Waals surface area contributed by atoms with Crippen molar-refractivity contribution >= 4 is 38.4 Å². The summed E-state index contributed by atoms with van der Waals surface area (Å²) in [6, 6.07) is 8.73. The average molecular weight is 435 g/mol. The van der Waals surface area contributed by atoms with E-state index in [1.54, 1.807) is 43.0 Å². The van der Waals surface area contributed by atoms with Crippen LogP contribution >= 0.6 is 11.6 Å². The number of rotatable bonds is 3. The number of piperazine rings is 1. The molecule has 0 unspecified atom stereocenters. The summed E-state index contributed by atoms with van der Waals surface area (Å²) >= 11 is 5.90. The van der Waals surface area contributed by atoms with Crippen LogP contribution in [0.2, 0.25) is 5.15 Å². The van der Waals surface area contributed by atoms with Crippen molar-refractivity contribution in [1.82, 2.24) is 19.3 Å². The summed E-state index contributed by atoms with van der Waals surface area (Å²) < 4.78 is 32.2. The smallest absolute Gasteiger partial charge is 0.253 e. The molecule has 152 valence electrons. The van der Waals surface area contributed by atoms with E-state index in [9.17, 15) is 13.2 Å². The van der Waals surface area contributed by atoms with Crippen LogP contribution in [0.4, 0.5) is 0 Å². The number of hydrogen-bond donors (Lipinski definition) is 0. The highest BCUT2D eigenvalue weighted by Gasteiger charge is 2.34. The molecule has 1 fully saturated rings. The first-order chi connectivity index (χ1) is 13.8. The van der Waals surface area contributed by atoms with Gasteiger partial charge in [-0.25, -0.2) is 13.4 Å². The van der Waals surface area contributed by atoms with Gasteiger partial charge in [-0.05, 0) is 44.2 Å². The Hall–Kier alpha value is -2.49. The second-order valence-corrected chi connectivity index (χ2v) is 9.15. The second-order valence-electron chi connectivity index (χ2n) is 6.89. The number of carbonyl (C=O) groups excluding carboxylic acids is 1. The van der Waals surface area contributed by atoms with Crippen molar-refractivity contribution in [3.8, 4) is 0 Å². The molecular weight excluding hydrogens is 416 g/mol. The molecule has 0 bridgehead atoms. The lowest BCUT2D eigenvalue weighted by Crippen LogP contribution is -2.50. The van der Waals surface area contributed by atoms with Crippen LogP contribution in [0.15, 0.2) is 39.8 Å². The molecule has 1 aliphatic heterocycles. The molecule has 3 heterocycles. The third-order valence-corrected chi connectivity index (χ3v) is 7.35. The van der Waals surface area contributed by atoms with Crippen molar-refractivity contribution in [2.75, 3.05) is 26.2 Å². The normalized spacial score (nSPS) is 15.8. The summed E-state index contributed by atoms with van der Waals surface area (Å²) in [6.45, 7) is 4.21. The summed E-state index contributed by atoms with van der Waals surface area (Å²) in [6.07, 6.45) is 0. The van der Waals surface area contributed by atoms with E-state index in [1.165, 1.54) is 4.31 Å². The molecule has 3 aromatic rings. The largest absolute Gasteiger partial charge is 0.360 e. The van der Waals surface area contributed by atoms with Crippen LogP contribution in [0.3, 0.4) is 0 Å². The fourth-order valence-corrected chi connectivity index (χ4v) is 5.39. The summed E-state index contributed by atoms with van der Waals surface area (Å²) in [4.78, 5) is 18.9. The molecule has 0 aliphatic carbocycles. The fourth-order valence-electron chi connectivity index (χ4n) is 3.52. The number of carbonyl (C=O) groups is 1. The van der Waals surface area contributed by atoms with Gasteiger partial charge >= 0.3 is 0 Å². The van der Waals surface area contributed by atoms with E-state index in [0.29, 0.717) is 35.0 Å². The number of amides is 1. The number of nitrogens with zero attached hydrogens (tertiary/aromatic N) is 4. The molecule has 1 saturated heterocycles. The van der Waals surface area contributed by atoms with Gasteiger partial charge in [-0.15, -0.1) is 0 Å².